The standard InChI is InChI=1S/C16H28N4O/c1-12(2)16-18-8-11-19(16)10-7-15(21)20-9-5-4-6-14(20)13(3)17/h8,11-14H,4-7,9-10,17H2,1-3H3/t13-,14+/m1/s1. The van der Waals surface area contributed by atoms with E-state index in [0.717, 1.165) is 25.2 Å². The molecule has 1 fully saturated rings. The first-order valence-corrected chi connectivity index (χ1v) is 8.06. The van der Waals surface area contributed by atoms with Gasteiger partial charge in [-0.3, -0.25) is 4.79 Å². The Kier molecular flexibility index (Phi) is 5.39. The molecule has 0 radical (unpaired) electrons. The molecule has 0 aliphatic carbocycles. The number of nitrogens with two attached hydrogens (primary N) is 1. The van der Waals surface area contributed by atoms with E-state index in [-0.39, 0.29) is 18.0 Å². The molecule has 2 atom stereocenters. The lowest BCUT2D eigenvalue weighted by molar-refractivity contribution is -0.135. The van der Waals surface area contributed by atoms with E-state index in [1.165, 1.54) is 6.42 Å². The van der Waals surface area contributed by atoms with Crippen molar-refractivity contribution in [1.82, 2.24) is 14.5 Å². The number of rotatable bonds is 5. The number of nitrogens with zero attached hydrogens (tertiary/aromatic N) is 3. The van der Waals surface area contributed by atoms with Gasteiger partial charge in [0.2, 0.25) is 5.91 Å². The van der Waals surface area contributed by atoms with Crippen molar-refractivity contribution in [1.29, 1.82) is 0 Å². The smallest absolute Gasteiger partial charge is 0.224 e. The van der Waals surface area contributed by atoms with Crippen molar-refractivity contribution >= 4 is 5.91 Å². The molecular weight excluding hydrogens is 264 g/mol. The minimum atomic E-state index is 0.0497. The summed E-state index contributed by atoms with van der Waals surface area (Å²) in [5, 5.41) is 0. The summed E-state index contributed by atoms with van der Waals surface area (Å²) in [7, 11) is 0. The lowest BCUT2D eigenvalue weighted by atomic mass is 9.96. The number of imidazole rings is 1. The zero-order valence-corrected chi connectivity index (χ0v) is 13.5. The number of aryl methyl sites for hydroxylation is 1. The predicted molar refractivity (Wildman–Crippen MR) is 83.9 cm³/mol. The SMILES string of the molecule is CC(C)c1nccn1CCC(=O)N1CCCC[C@H]1[C@@H](C)N. The molecule has 118 valence electrons. The lowest BCUT2D eigenvalue weighted by Gasteiger charge is -2.38. The van der Waals surface area contributed by atoms with Gasteiger partial charge in [0, 0.05) is 49.9 Å². The summed E-state index contributed by atoms with van der Waals surface area (Å²) in [6, 6.07) is 0.257. The van der Waals surface area contributed by atoms with Gasteiger partial charge in [-0.2, -0.15) is 0 Å². The minimum absolute atomic E-state index is 0.0497. The van der Waals surface area contributed by atoms with Crippen molar-refractivity contribution in [2.45, 2.75) is 71.0 Å². The normalized spacial score (nSPS) is 20.8. The molecule has 1 amide bonds. The van der Waals surface area contributed by atoms with E-state index >= 15 is 0 Å². The van der Waals surface area contributed by atoms with Gasteiger partial charge in [0.15, 0.2) is 0 Å². The van der Waals surface area contributed by atoms with E-state index in [9.17, 15) is 4.79 Å². The number of amides is 1. The number of hydrogen-bond donors (Lipinski definition) is 1. The zero-order chi connectivity index (χ0) is 15.4. The van der Waals surface area contributed by atoms with Crippen LogP contribution in [0.25, 0.3) is 0 Å². The molecule has 1 aliphatic rings. The second-order valence-electron chi connectivity index (χ2n) is 6.39. The fourth-order valence-electron chi connectivity index (χ4n) is 3.18. The van der Waals surface area contributed by atoms with Gasteiger partial charge in [0.05, 0.1) is 0 Å². The molecule has 1 aromatic rings. The Balaban J connectivity index is 1.95. The van der Waals surface area contributed by atoms with Crippen LogP contribution >= 0.6 is 0 Å². The lowest BCUT2D eigenvalue weighted by Crippen LogP contribution is -2.51. The summed E-state index contributed by atoms with van der Waals surface area (Å²) in [5.74, 6) is 1.65. The predicted octanol–water partition coefficient (Wildman–Crippen LogP) is 2.12. The van der Waals surface area contributed by atoms with E-state index in [4.69, 9.17) is 5.73 Å². The van der Waals surface area contributed by atoms with E-state index in [1.807, 2.05) is 24.2 Å². The number of hydrogen-bond acceptors (Lipinski definition) is 3. The Bertz CT molecular complexity index is 467. The van der Waals surface area contributed by atoms with E-state index in [1.54, 1.807) is 0 Å². The number of carbonyl (C=O) groups is 1. The van der Waals surface area contributed by atoms with Gasteiger partial charge in [-0.05, 0) is 26.2 Å². The summed E-state index contributed by atoms with van der Waals surface area (Å²) in [6.07, 6.45) is 7.60. The van der Waals surface area contributed by atoms with Crippen LogP contribution in [-0.4, -0.2) is 39.0 Å². The van der Waals surface area contributed by atoms with Crippen LogP contribution in [0.2, 0.25) is 0 Å². The first-order valence-electron chi connectivity index (χ1n) is 8.06. The minimum Gasteiger partial charge on any atom is -0.338 e. The van der Waals surface area contributed by atoms with Gasteiger partial charge < -0.3 is 15.2 Å². The maximum atomic E-state index is 12.5. The fourth-order valence-corrected chi connectivity index (χ4v) is 3.18. The molecule has 21 heavy (non-hydrogen) atoms. The monoisotopic (exact) mass is 292 g/mol. The third-order valence-electron chi connectivity index (χ3n) is 4.31. The van der Waals surface area contributed by atoms with Gasteiger partial charge in [0.1, 0.15) is 5.82 Å². The second-order valence-corrected chi connectivity index (χ2v) is 6.39. The molecule has 5 nitrogen and oxygen atoms in total. The largest absolute Gasteiger partial charge is 0.338 e. The Labute approximate surface area is 127 Å². The highest BCUT2D eigenvalue weighted by Crippen LogP contribution is 2.20. The van der Waals surface area contributed by atoms with Crippen LogP contribution in [0.1, 0.15) is 58.2 Å². The quantitative estimate of drug-likeness (QED) is 0.904. The molecule has 5 heteroatoms. The molecule has 0 unspecified atom stereocenters. The van der Waals surface area contributed by atoms with E-state index in [2.05, 4.69) is 23.4 Å². The van der Waals surface area contributed by atoms with Crippen LogP contribution in [0.3, 0.4) is 0 Å². The maximum absolute atomic E-state index is 12.5. The molecule has 1 aliphatic heterocycles. The van der Waals surface area contributed by atoms with E-state index < -0.39 is 0 Å². The van der Waals surface area contributed by atoms with E-state index in [0.29, 0.717) is 18.9 Å². The van der Waals surface area contributed by atoms with Crippen molar-refractivity contribution in [2.75, 3.05) is 6.54 Å². The van der Waals surface area contributed by atoms with Crippen LogP contribution in [0.4, 0.5) is 0 Å². The van der Waals surface area contributed by atoms with Gasteiger partial charge in [-0.1, -0.05) is 13.8 Å². The number of piperidine rings is 1. The maximum Gasteiger partial charge on any atom is 0.224 e. The van der Waals surface area contributed by atoms with Gasteiger partial charge >= 0.3 is 0 Å². The first kappa shape index (κ1) is 16.0. The van der Waals surface area contributed by atoms with Crippen molar-refractivity contribution in [3.8, 4) is 0 Å². The van der Waals surface area contributed by atoms with Crippen molar-refractivity contribution in [3.05, 3.63) is 18.2 Å². The molecular formula is C16H28N4O. The third kappa shape index (κ3) is 3.84. The summed E-state index contributed by atoms with van der Waals surface area (Å²) < 4.78 is 2.09. The average molecular weight is 292 g/mol. The van der Waals surface area contributed by atoms with Crippen LogP contribution < -0.4 is 5.73 Å². The fraction of sp³-hybridized carbons (Fsp3) is 0.750. The summed E-state index contributed by atoms with van der Waals surface area (Å²) in [6.45, 7) is 7.80. The second kappa shape index (κ2) is 7.07. The molecule has 1 aromatic heterocycles. The van der Waals surface area contributed by atoms with Crippen LogP contribution in [-0.2, 0) is 11.3 Å². The Morgan fingerprint density at radius 2 is 2.19 bits per heavy atom. The molecule has 2 rings (SSSR count). The van der Waals surface area contributed by atoms with Crippen molar-refractivity contribution in [3.63, 3.8) is 0 Å². The van der Waals surface area contributed by atoms with Gasteiger partial charge in [-0.15, -0.1) is 0 Å². The highest BCUT2D eigenvalue weighted by molar-refractivity contribution is 5.76. The van der Waals surface area contributed by atoms with Crippen LogP contribution in [0.15, 0.2) is 12.4 Å². The Morgan fingerprint density at radius 1 is 1.43 bits per heavy atom. The molecule has 0 spiro atoms. The summed E-state index contributed by atoms with van der Waals surface area (Å²) in [5.41, 5.74) is 6.04. The summed E-state index contributed by atoms with van der Waals surface area (Å²) >= 11 is 0. The van der Waals surface area contributed by atoms with Gasteiger partial charge in [0.25, 0.3) is 0 Å². The third-order valence-corrected chi connectivity index (χ3v) is 4.31. The highest BCUT2D eigenvalue weighted by Gasteiger charge is 2.28. The molecule has 1 saturated heterocycles. The van der Waals surface area contributed by atoms with Crippen LogP contribution in [0.5, 0.6) is 0 Å². The van der Waals surface area contributed by atoms with Crippen LogP contribution in [0, 0.1) is 0 Å². The highest BCUT2D eigenvalue weighted by atomic mass is 16.2. The molecule has 0 bridgehead atoms. The van der Waals surface area contributed by atoms with Gasteiger partial charge in [-0.25, -0.2) is 4.98 Å². The average Bonchev–Trinajstić information content (AvgIpc) is 2.93. The topological polar surface area (TPSA) is 64.2 Å². The number of carbonyl (C=O) groups excluding carboxylic acids is 1. The first-order chi connectivity index (χ1) is 10.0. The molecule has 2 heterocycles. The van der Waals surface area contributed by atoms with Crippen molar-refractivity contribution < 1.29 is 4.79 Å². The number of aromatic nitrogens is 2. The van der Waals surface area contributed by atoms with Crippen molar-refractivity contribution in [2.24, 2.45) is 5.73 Å². The molecule has 2 N–H and O–H groups in total. The molecule has 0 aromatic carbocycles. The Morgan fingerprint density at radius 3 is 2.86 bits per heavy atom. The molecule has 0 saturated carbocycles. The summed E-state index contributed by atoms with van der Waals surface area (Å²) in [4.78, 5) is 18.9. The Hall–Kier alpha value is -1.36. The zero-order valence-electron chi connectivity index (χ0n) is 13.5. The number of likely N-dealkylation sites (tertiary alicyclic amines) is 1.